The van der Waals surface area contributed by atoms with Crippen molar-refractivity contribution in [2.45, 2.75) is 18.3 Å². The maximum Gasteiger partial charge on any atom is 0.234 e. The van der Waals surface area contributed by atoms with Crippen LogP contribution in [0.5, 0.6) is 5.75 Å². The molecule has 1 heterocycles. The van der Waals surface area contributed by atoms with Crippen LogP contribution in [0.1, 0.15) is 11.3 Å². The Labute approximate surface area is 176 Å². The first-order chi connectivity index (χ1) is 13.6. The van der Waals surface area contributed by atoms with E-state index in [0.717, 1.165) is 21.5 Å². The summed E-state index contributed by atoms with van der Waals surface area (Å²) in [6.07, 6.45) is 1.64. The summed E-state index contributed by atoms with van der Waals surface area (Å²) in [4.78, 5) is 16.6. The highest BCUT2D eigenvalue weighted by atomic mass is 79.9. The second kappa shape index (κ2) is 9.77. The van der Waals surface area contributed by atoms with E-state index in [1.54, 1.807) is 13.3 Å². The molecule has 0 aliphatic rings. The van der Waals surface area contributed by atoms with Gasteiger partial charge in [0.05, 0.1) is 31.4 Å². The van der Waals surface area contributed by atoms with Crippen LogP contribution in [0.3, 0.4) is 0 Å². The lowest BCUT2D eigenvalue weighted by Crippen LogP contribution is -2.15. The number of imidazole rings is 1. The van der Waals surface area contributed by atoms with Gasteiger partial charge in [-0.25, -0.2) is 4.98 Å². The fraction of sp³-hybridized carbons (Fsp3) is 0.200. The largest absolute Gasteiger partial charge is 0.497 e. The second-order valence-electron chi connectivity index (χ2n) is 5.97. The molecular weight excluding hydrogens is 442 g/mol. The number of anilines is 1. The summed E-state index contributed by atoms with van der Waals surface area (Å²) < 4.78 is 8.05. The Balaban J connectivity index is 1.65. The number of nitrogens with zero attached hydrogens (tertiary/aromatic N) is 2. The molecule has 6 nitrogen and oxygen atoms in total. The molecule has 2 N–H and O–H groups in total. The third-order valence-corrected chi connectivity index (χ3v) is 5.54. The van der Waals surface area contributed by atoms with E-state index < -0.39 is 0 Å². The van der Waals surface area contributed by atoms with Crippen LogP contribution >= 0.6 is 27.7 Å². The topological polar surface area (TPSA) is 76.4 Å². The first-order valence-corrected chi connectivity index (χ1v) is 10.3. The highest BCUT2D eigenvalue weighted by Crippen LogP contribution is 2.22. The molecule has 0 aliphatic carbocycles. The lowest BCUT2D eigenvalue weighted by atomic mass is 10.2. The molecule has 0 unspecified atom stereocenters. The number of thioether (sulfide) groups is 1. The van der Waals surface area contributed by atoms with E-state index in [2.05, 4.69) is 26.2 Å². The quantitative estimate of drug-likeness (QED) is 0.497. The molecule has 1 amide bonds. The van der Waals surface area contributed by atoms with Crippen molar-refractivity contribution in [1.29, 1.82) is 0 Å². The van der Waals surface area contributed by atoms with Gasteiger partial charge in [0, 0.05) is 16.7 Å². The number of carbonyl (C=O) groups is 1. The normalized spacial score (nSPS) is 10.7. The van der Waals surface area contributed by atoms with Crippen LogP contribution in [0.4, 0.5) is 5.69 Å². The number of halogens is 1. The standard InChI is InChI=1S/C20H20BrN3O3S/c1-27-18-8-2-14(3-9-18)11-24-17(12-25)10-22-20(24)28-13-19(26)23-16-6-4-15(21)5-7-16/h2-10,25H,11-13H2,1H3,(H,23,26). The number of benzene rings is 2. The van der Waals surface area contributed by atoms with Crippen LogP contribution < -0.4 is 10.1 Å². The van der Waals surface area contributed by atoms with Gasteiger partial charge in [0.1, 0.15) is 5.75 Å². The monoisotopic (exact) mass is 461 g/mol. The molecule has 8 heteroatoms. The molecule has 0 radical (unpaired) electrons. The molecule has 2 aromatic carbocycles. The Morgan fingerprint density at radius 1 is 1.21 bits per heavy atom. The van der Waals surface area contributed by atoms with Gasteiger partial charge >= 0.3 is 0 Å². The summed E-state index contributed by atoms with van der Waals surface area (Å²) in [5, 5.41) is 13.2. The maximum absolute atomic E-state index is 12.2. The number of aliphatic hydroxyl groups excluding tert-OH is 1. The van der Waals surface area contributed by atoms with Crippen molar-refractivity contribution in [2.24, 2.45) is 0 Å². The fourth-order valence-corrected chi connectivity index (χ4v) is 3.64. The van der Waals surface area contributed by atoms with E-state index in [0.29, 0.717) is 17.4 Å². The number of carbonyl (C=O) groups excluding carboxylic acids is 1. The molecule has 3 rings (SSSR count). The highest BCUT2D eigenvalue weighted by Gasteiger charge is 2.13. The molecule has 0 bridgehead atoms. The van der Waals surface area contributed by atoms with E-state index in [4.69, 9.17) is 4.74 Å². The number of amides is 1. The molecule has 0 aliphatic heterocycles. The third-order valence-electron chi connectivity index (χ3n) is 4.02. The van der Waals surface area contributed by atoms with Crippen LogP contribution in [0.25, 0.3) is 0 Å². The van der Waals surface area contributed by atoms with Crippen LogP contribution in [-0.4, -0.2) is 33.4 Å². The van der Waals surface area contributed by atoms with Crippen LogP contribution in [0, 0.1) is 0 Å². The van der Waals surface area contributed by atoms with Crippen LogP contribution in [0.2, 0.25) is 0 Å². The van der Waals surface area contributed by atoms with Gasteiger partial charge < -0.3 is 19.7 Å². The Bertz CT molecular complexity index is 927. The van der Waals surface area contributed by atoms with Gasteiger partial charge in [0.15, 0.2) is 5.16 Å². The predicted molar refractivity (Wildman–Crippen MR) is 114 cm³/mol. The Morgan fingerprint density at radius 3 is 2.57 bits per heavy atom. The number of hydrogen-bond acceptors (Lipinski definition) is 5. The number of nitrogens with one attached hydrogen (secondary N) is 1. The van der Waals surface area contributed by atoms with Gasteiger partial charge in [-0.15, -0.1) is 0 Å². The summed E-state index contributed by atoms with van der Waals surface area (Å²) in [6.45, 7) is 0.436. The first-order valence-electron chi connectivity index (χ1n) is 8.55. The maximum atomic E-state index is 12.2. The fourth-order valence-electron chi connectivity index (χ4n) is 2.58. The van der Waals surface area contributed by atoms with Gasteiger partial charge in [-0.3, -0.25) is 4.79 Å². The highest BCUT2D eigenvalue weighted by molar-refractivity contribution is 9.10. The van der Waals surface area contributed by atoms with Crippen LogP contribution in [-0.2, 0) is 17.9 Å². The van der Waals surface area contributed by atoms with Gasteiger partial charge in [-0.1, -0.05) is 39.8 Å². The molecule has 0 spiro atoms. The SMILES string of the molecule is COc1ccc(Cn2c(CO)cnc2SCC(=O)Nc2ccc(Br)cc2)cc1. The zero-order chi connectivity index (χ0) is 19.9. The van der Waals surface area contributed by atoms with Crippen molar-refractivity contribution >= 4 is 39.3 Å². The zero-order valence-electron chi connectivity index (χ0n) is 15.3. The third kappa shape index (κ3) is 5.37. The van der Waals surface area contributed by atoms with Gasteiger partial charge in [0.2, 0.25) is 5.91 Å². The summed E-state index contributed by atoms with van der Waals surface area (Å²) in [7, 11) is 1.63. The number of hydrogen-bond donors (Lipinski definition) is 2. The molecule has 0 fully saturated rings. The van der Waals surface area contributed by atoms with Crippen molar-refractivity contribution in [2.75, 3.05) is 18.2 Å². The number of aliphatic hydroxyl groups is 1. The lowest BCUT2D eigenvalue weighted by Gasteiger charge is -2.11. The van der Waals surface area contributed by atoms with Gasteiger partial charge in [-0.05, 0) is 42.0 Å². The number of aromatic nitrogens is 2. The minimum atomic E-state index is -0.116. The molecule has 1 aromatic heterocycles. The Morgan fingerprint density at radius 2 is 1.93 bits per heavy atom. The lowest BCUT2D eigenvalue weighted by molar-refractivity contribution is -0.113. The average molecular weight is 462 g/mol. The molecule has 0 saturated heterocycles. The van der Waals surface area contributed by atoms with Gasteiger partial charge in [-0.2, -0.15) is 0 Å². The van der Waals surface area contributed by atoms with Crippen molar-refractivity contribution < 1.29 is 14.6 Å². The second-order valence-corrected chi connectivity index (χ2v) is 7.83. The molecular formula is C20H20BrN3O3S. The van der Waals surface area contributed by atoms with Crippen molar-refractivity contribution in [3.63, 3.8) is 0 Å². The number of methoxy groups -OCH3 is 1. The number of ether oxygens (including phenoxy) is 1. The zero-order valence-corrected chi connectivity index (χ0v) is 17.7. The Kier molecular flexibility index (Phi) is 7.13. The molecule has 28 heavy (non-hydrogen) atoms. The molecule has 146 valence electrons. The van der Waals surface area contributed by atoms with E-state index >= 15 is 0 Å². The summed E-state index contributed by atoms with van der Waals surface area (Å²) >= 11 is 4.71. The van der Waals surface area contributed by atoms with Crippen molar-refractivity contribution in [3.8, 4) is 5.75 Å². The van der Waals surface area contributed by atoms with E-state index in [9.17, 15) is 9.90 Å². The minimum Gasteiger partial charge on any atom is -0.497 e. The smallest absolute Gasteiger partial charge is 0.234 e. The molecule has 0 atom stereocenters. The first kappa shape index (κ1) is 20.4. The summed E-state index contributed by atoms with van der Waals surface area (Å²) in [6, 6.07) is 15.1. The molecule has 3 aromatic rings. The van der Waals surface area contributed by atoms with E-state index in [1.165, 1.54) is 11.8 Å². The predicted octanol–water partition coefficient (Wildman–Crippen LogP) is 3.93. The molecule has 0 saturated carbocycles. The summed E-state index contributed by atoms with van der Waals surface area (Å²) in [5.41, 5.74) is 2.49. The minimum absolute atomic E-state index is 0.114. The van der Waals surface area contributed by atoms with Crippen molar-refractivity contribution in [3.05, 3.63) is 70.5 Å². The van der Waals surface area contributed by atoms with Crippen molar-refractivity contribution in [1.82, 2.24) is 9.55 Å². The van der Waals surface area contributed by atoms with Gasteiger partial charge in [0.25, 0.3) is 0 Å². The average Bonchev–Trinajstić information content (AvgIpc) is 3.10. The number of rotatable bonds is 8. The van der Waals surface area contributed by atoms with E-state index in [1.807, 2.05) is 53.1 Å². The Hall–Kier alpha value is -2.29. The van der Waals surface area contributed by atoms with E-state index in [-0.39, 0.29) is 18.3 Å². The van der Waals surface area contributed by atoms with Crippen LogP contribution in [0.15, 0.2) is 64.4 Å². The summed E-state index contributed by atoms with van der Waals surface area (Å²) in [5.74, 6) is 0.897.